The SMILES string of the molecule is CC(C)NS(=O)(=O)c1ccc(F)c(C(=O)Nc2ccccc2N2CCOCC2)c1. The summed E-state index contributed by atoms with van der Waals surface area (Å²) in [7, 11) is -3.85. The standard InChI is InChI=1S/C20H24FN3O4S/c1-14(2)23-29(26,27)15-7-8-17(21)16(13-15)20(25)22-18-5-3-4-6-19(18)24-9-11-28-12-10-24/h3-8,13-14,23H,9-12H2,1-2H3,(H,22,25). The molecule has 29 heavy (non-hydrogen) atoms. The summed E-state index contributed by atoms with van der Waals surface area (Å²) in [6.45, 7) is 5.87. The second-order valence-corrected chi connectivity index (χ2v) is 8.70. The predicted molar refractivity (Wildman–Crippen MR) is 109 cm³/mol. The molecule has 0 atom stereocenters. The number of hydrogen-bond acceptors (Lipinski definition) is 5. The zero-order valence-corrected chi connectivity index (χ0v) is 17.1. The van der Waals surface area contributed by atoms with Crippen molar-refractivity contribution in [1.82, 2.24) is 4.72 Å². The molecule has 2 N–H and O–H groups in total. The molecule has 3 rings (SSSR count). The molecule has 1 saturated heterocycles. The van der Waals surface area contributed by atoms with Gasteiger partial charge in [-0.3, -0.25) is 4.79 Å². The number of amides is 1. The fourth-order valence-corrected chi connectivity index (χ4v) is 4.35. The highest BCUT2D eigenvalue weighted by molar-refractivity contribution is 7.89. The van der Waals surface area contributed by atoms with Crippen molar-refractivity contribution >= 4 is 27.3 Å². The third-order valence-corrected chi connectivity index (χ3v) is 6.04. The van der Waals surface area contributed by atoms with E-state index in [-0.39, 0.29) is 16.5 Å². The van der Waals surface area contributed by atoms with E-state index in [4.69, 9.17) is 4.74 Å². The van der Waals surface area contributed by atoms with Crippen molar-refractivity contribution in [3.8, 4) is 0 Å². The molecule has 2 aromatic rings. The minimum atomic E-state index is -3.85. The maximum atomic E-state index is 14.3. The highest BCUT2D eigenvalue weighted by atomic mass is 32.2. The Morgan fingerprint density at radius 2 is 1.83 bits per heavy atom. The Balaban J connectivity index is 1.88. The van der Waals surface area contributed by atoms with Crippen molar-refractivity contribution in [2.75, 3.05) is 36.5 Å². The monoisotopic (exact) mass is 421 g/mol. The third-order valence-electron chi connectivity index (χ3n) is 4.39. The number of morpholine rings is 1. The number of nitrogens with zero attached hydrogens (tertiary/aromatic N) is 1. The van der Waals surface area contributed by atoms with Gasteiger partial charge in [-0.2, -0.15) is 0 Å². The summed E-state index contributed by atoms with van der Waals surface area (Å²) in [6.07, 6.45) is 0. The van der Waals surface area contributed by atoms with Crippen LogP contribution in [0.25, 0.3) is 0 Å². The van der Waals surface area contributed by atoms with Gasteiger partial charge in [-0.1, -0.05) is 12.1 Å². The molecule has 0 spiro atoms. The summed E-state index contributed by atoms with van der Waals surface area (Å²) in [6, 6.07) is 10.0. The van der Waals surface area contributed by atoms with E-state index in [0.29, 0.717) is 32.0 Å². The summed E-state index contributed by atoms with van der Waals surface area (Å²) >= 11 is 0. The van der Waals surface area contributed by atoms with E-state index in [9.17, 15) is 17.6 Å². The molecule has 1 fully saturated rings. The molecule has 7 nitrogen and oxygen atoms in total. The summed E-state index contributed by atoms with van der Waals surface area (Å²) < 4.78 is 46.8. The lowest BCUT2D eigenvalue weighted by Crippen LogP contribution is -2.36. The van der Waals surface area contributed by atoms with Gasteiger partial charge in [0.1, 0.15) is 5.82 Å². The topological polar surface area (TPSA) is 87.7 Å². The smallest absolute Gasteiger partial charge is 0.258 e. The summed E-state index contributed by atoms with van der Waals surface area (Å²) in [5, 5.41) is 2.71. The Morgan fingerprint density at radius 3 is 2.52 bits per heavy atom. The average Bonchev–Trinajstić information content (AvgIpc) is 2.68. The molecular formula is C20H24FN3O4S. The minimum Gasteiger partial charge on any atom is -0.378 e. The van der Waals surface area contributed by atoms with Crippen LogP contribution in [0.3, 0.4) is 0 Å². The average molecular weight is 421 g/mol. The molecule has 0 saturated carbocycles. The van der Waals surface area contributed by atoms with E-state index in [1.54, 1.807) is 26.0 Å². The van der Waals surface area contributed by atoms with Gasteiger partial charge in [-0.15, -0.1) is 0 Å². The summed E-state index contributed by atoms with van der Waals surface area (Å²) in [5.41, 5.74) is 0.982. The number of sulfonamides is 1. The number of para-hydroxylation sites is 2. The molecule has 1 aliphatic heterocycles. The van der Waals surface area contributed by atoms with E-state index in [0.717, 1.165) is 23.9 Å². The van der Waals surface area contributed by atoms with Crippen molar-refractivity contribution in [3.63, 3.8) is 0 Å². The first-order chi connectivity index (χ1) is 13.8. The molecule has 1 aliphatic rings. The van der Waals surface area contributed by atoms with E-state index >= 15 is 0 Å². The third kappa shape index (κ3) is 5.11. The highest BCUT2D eigenvalue weighted by Gasteiger charge is 2.22. The number of rotatable bonds is 6. The van der Waals surface area contributed by atoms with Crippen LogP contribution >= 0.6 is 0 Å². The van der Waals surface area contributed by atoms with E-state index in [1.165, 1.54) is 0 Å². The Labute approximate surface area is 169 Å². The van der Waals surface area contributed by atoms with Crippen LogP contribution in [0.4, 0.5) is 15.8 Å². The van der Waals surface area contributed by atoms with Gasteiger partial charge in [-0.05, 0) is 44.2 Å². The number of nitrogens with one attached hydrogen (secondary N) is 2. The van der Waals surface area contributed by atoms with Crippen molar-refractivity contribution in [3.05, 3.63) is 53.8 Å². The molecule has 0 aromatic heterocycles. The van der Waals surface area contributed by atoms with Crippen LogP contribution in [0.1, 0.15) is 24.2 Å². The Kier molecular flexibility index (Phi) is 6.51. The predicted octanol–water partition coefficient (Wildman–Crippen LogP) is 2.60. The van der Waals surface area contributed by atoms with Gasteiger partial charge in [0.15, 0.2) is 0 Å². The van der Waals surface area contributed by atoms with Gasteiger partial charge in [0.05, 0.1) is 35.0 Å². The molecule has 2 aromatic carbocycles. The first-order valence-corrected chi connectivity index (χ1v) is 10.8. The maximum absolute atomic E-state index is 14.3. The summed E-state index contributed by atoms with van der Waals surface area (Å²) in [4.78, 5) is 14.7. The minimum absolute atomic E-state index is 0.167. The largest absolute Gasteiger partial charge is 0.378 e. The van der Waals surface area contributed by atoms with Gasteiger partial charge in [-0.25, -0.2) is 17.5 Å². The van der Waals surface area contributed by atoms with Crippen molar-refractivity contribution in [2.24, 2.45) is 0 Å². The lowest BCUT2D eigenvalue weighted by atomic mass is 10.1. The van der Waals surface area contributed by atoms with Crippen LogP contribution in [-0.4, -0.2) is 46.7 Å². The second-order valence-electron chi connectivity index (χ2n) is 6.99. The summed E-state index contributed by atoms with van der Waals surface area (Å²) in [5.74, 6) is -1.51. The lowest BCUT2D eigenvalue weighted by molar-refractivity contribution is 0.102. The molecule has 0 bridgehead atoms. The Hall–Kier alpha value is -2.49. The molecule has 1 amide bonds. The van der Waals surface area contributed by atoms with Crippen LogP contribution < -0.4 is 14.9 Å². The number of halogens is 1. The first-order valence-electron chi connectivity index (χ1n) is 9.33. The van der Waals surface area contributed by atoms with Crippen LogP contribution in [0.2, 0.25) is 0 Å². The van der Waals surface area contributed by atoms with Gasteiger partial charge in [0.25, 0.3) is 5.91 Å². The quantitative estimate of drug-likeness (QED) is 0.749. The van der Waals surface area contributed by atoms with Crippen LogP contribution in [0, 0.1) is 5.82 Å². The van der Waals surface area contributed by atoms with Crippen LogP contribution in [-0.2, 0) is 14.8 Å². The second kappa shape index (κ2) is 8.89. The molecule has 0 unspecified atom stereocenters. The number of hydrogen-bond donors (Lipinski definition) is 2. The van der Waals surface area contributed by atoms with E-state index < -0.39 is 21.7 Å². The number of anilines is 2. The van der Waals surface area contributed by atoms with Crippen molar-refractivity contribution < 1.29 is 22.3 Å². The van der Waals surface area contributed by atoms with Crippen LogP contribution in [0.15, 0.2) is 47.4 Å². The molecule has 156 valence electrons. The lowest BCUT2D eigenvalue weighted by Gasteiger charge is -2.30. The number of benzene rings is 2. The van der Waals surface area contributed by atoms with Crippen molar-refractivity contribution in [1.29, 1.82) is 0 Å². The Bertz CT molecular complexity index is 989. The fourth-order valence-electron chi connectivity index (χ4n) is 3.07. The zero-order chi connectivity index (χ0) is 21.0. The number of carbonyl (C=O) groups excluding carboxylic acids is 1. The molecule has 9 heteroatoms. The molecule has 1 heterocycles. The fraction of sp³-hybridized carbons (Fsp3) is 0.350. The highest BCUT2D eigenvalue weighted by Crippen LogP contribution is 2.27. The first kappa shape index (κ1) is 21.2. The van der Waals surface area contributed by atoms with Crippen LogP contribution in [0.5, 0.6) is 0 Å². The van der Waals surface area contributed by atoms with Gasteiger partial charge >= 0.3 is 0 Å². The van der Waals surface area contributed by atoms with E-state index in [1.807, 2.05) is 12.1 Å². The number of ether oxygens (including phenoxy) is 1. The van der Waals surface area contributed by atoms with Gasteiger partial charge in [0, 0.05) is 19.1 Å². The molecular weight excluding hydrogens is 397 g/mol. The molecule has 0 radical (unpaired) electrons. The zero-order valence-electron chi connectivity index (χ0n) is 16.3. The number of carbonyl (C=O) groups is 1. The normalized spacial score (nSPS) is 14.8. The van der Waals surface area contributed by atoms with Gasteiger partial charge < -0.3 is 15.0 Å². The molecule has 0 aliphatic carbocycles. The maximum Gasteiger partial charge on any atom is 0.258 e. The Morgan fingerprint density at radius 1 is 1.14 bits per heavy atom. The van der Waals surface area contributed by atoms with Crippen molar-refractivity contribution in [2.45, 2.75) is 24.8 Å². The van der Waals surface area contributed by atoms with E-state index in [2.05, 4.69) is 14.9 Å². The van der Waals surface area contributed by atoms with Gasteiger partial charge in [0.2, 0.25) is 10.0 Å².